The monoisotopic (exact) mass is 270 g/mol. The number of carboxylic acids is 1. The van der Waals surface area contributed by atoms with Gasteiger partial charge < -0.3 is 15.7 Å². The number of hydrogen-bond acceptors (Lipinski definition) is 3. The molecule has 1 heterocycles. The van der Waals surface area contributed by atoms with Crippen LogP contribution in [0.3, 0.4) is 0 Å². The molecule has 0 aromatic heterocycles. The quantitative estimate of drug-likeness (QED) is 0.770. The Morgan fingerprint density at radius 1 is 1.32 bits per heavy atom. The predicted octanol–water partition coefficient (Wildman–Crippen LogP) is 1.75. The molecule has 1 atom stereocenters. The lowest BCUT2D eigenvalue weighted by Gasteiger charge is -2.41. The standard InChI is InChI=1S/C14H26N2O3/c1-3-14(15,4-2)13(19)16-10-6-5-7-11(16)8-9-12(17)18/h11H,3-10,15H2,1-2H3,(H,17,18). The fourth-order valence-corrected chi connectivity index (χ4v) is 2.70. The van der Waals surface area contributed by atoms with E-state index in [9.17, 15) is 9.59 Å². The Morgan fingerprint density at radius 2 is 1.95 bits per heavy atom. The van der Waals surface area contributed by atoms with Crippen LogP contribution in [-0.2, 0) is 9.59 Å². The van der Waals surface area contributed by atoms with Crippen LogP contribution >= 0.6 is 0 Å². The number of hydrogen-bond donors (Lipinski definition) is 2. The van der Waals surface area contributed by atoms with Crippen LogP contribution in [0, 0.1) is 0 Å². The van der Waals surface area contributed by atoms with Crippen molar-refractivity contribution in [1.29, 1.82) is 0 Å². The molecule has 0 aliphatic carbocycles. The van der Waals surface area contributed by atoms with Gasteiger partial charge in [-0.3, -0.25) is 9.59 Å². The highest BCUT2D eigenvalue weighted by Gasteiger charge is 2.37. The fourth-order valence-electron chi connectivity index (χ4n) is 2.70. The molecule has 19 heavy (non-hydrogen) atoms. The smallest absolute Gasteiger partial charge is 0.303 e. The topological polar surface area (TPSA) is 83.6 Å². The zero-order chi connectivity index (χ0) is 14.5. The molecule has 1 fully saturated rings. The summed E-state index contributed by atoms with van der Waals surface area (Å²) in [6, 6.07) is 0.0402. The summed E-state index contributed by atoms with van der Waals surface area (Å²) in [5, 5.41) is 8.79. The van der Waals surface area contributed by atoms with E-state index in [1.165, 1.54) is 0 Å². The third kappa shape index (κ3) is 3.93. The van der Waals surface area contributed by atoms with E-state index in [0.717, 1.165) is 19.3 Å². The van der Waals surface area contributed by atoms with Gasteiger partial charge >= 0.3 is 5.97 Å². The molecule has 0 bridgehead atoms. The Morgan fingerprint density at radius 3 is 2.47 bits per heavy atom. The highest BCUT2D eigenvalue weighted by molar-refractivity contribution is 5.86. The van der Waals surface area contributed by atoms with Gasteiger partial charge in [0.05, 0.1) is 5.54 Å². The van der Waals surface area contributed by atoms with Crippen LogP contribution < -0.4 is 5.73 Å². The maximum Gasteiger partial charge on any atom is 0.303 e. The minimum absolute atomic E-state index is 0.00686. The molecule has 0 radical (unpaired) electrons. The van der Waals surface area contributed by atoms with E-state index in [2.05, 4.69) is 0 Å². The molecule has 1 aliphatic rings. The van der Waals surface area contributed by atoms with E-state index >= 15 is 0 Å². The Labute approximate surface area is 115 Å². The van der Waals surface area contributed by atoms with Gasteiger partial charge in [-0.05, 0) is 38.5 Å². The van der Waals surface area contributed by atoms with Crippen LogP contribution in [0.4, 0.5) is 0 Å². The van der Waals surface area contributed by atoms with Gasteiger partial charge in [0, 0.05) is 19.0 Å². The number of carbonyl (C=O) groups is 2. The first-order valence-electron chi connectivity index (χ1n) is 7.26. The minimum Gasteiger partial charge on any atom is -0.481 e. The van der Waals surface area contributed by atoms with E-state index in [-0.39, 0.29) is 18.4 Å². The number of carbonyl (C=O) groups excluding carboxylic acids is 1. The molecule has 5 heteroatoms. The van der Waals surface area contributed by atoms with Crippen molar-refractivity contribution in [3.8, 4) is 0 Å². The molecule has 1 rings (SSSR count). The van der Waals surface area contributed by atoms with E-state index in [1.54, 1.807) is 0 Å². The van der Waals surface area contributed by atoms with Gasteiger partial charge in [0.15, 0.2) is 0 Å². The second-order valence-corrected chi connectivity index (χ2v) is 5.44. The van der Waals surface area contributed by atoms with Crippen LogP contribution in [0.15, 0.2) is 0 Å². The Balaban J connectivity index is 2.75. The summed E-state index contributed by atoms with van der Waals surface area (Å²) >= 11 is 0. The highest BCUT2D eigenvalue weighted by Crippen LogP contribution is 2.25. The third-order valence-corrected chi connectivity index (χ3v) is 4.27. The lowest BCUT2D eigenvalue weighted by Crippen LogP contribution is -2.58. The average Bonchev–Trinajstić information content (AvgIpc) is 2.43. The van der Waals surface area contributed by atoms with Gasteiger partial charge in [-0.25, -0.2) is 0 Å². The second kappa shape index (κ2) is 6.89. The number of nitrogens with zero attached hydrogens (tertiary/aromatic N) is 1. The lowest BCUT2D eigenvalue weighted by atomic mass is 9.89. The maximum absolute atomic E-state index is 12.6. The molecule has 0 spiro atoms. The number of aliphatic carboxylic acids is 1. The molecule has 110 valence electrons. The number of likely N-dealkylation sites (tertiary alicyclic amines) is 1. The van der Waals surface area contributed by atoms with Crippen molar-refractivity contribution >= 4 is 11.9 Å². The molecule has 0 aromatic rings. The summed E-state index contributed by atoms with van der Waals surface area (Å²) in [6.07, 6.45) is 4.81. The van der Waals surface area contributed by atoms with Crippen molar-refractivity contribution in [2.75, 3.05) is 6.54 Å². The van der Waals surface area contributed by atoms with Crippen LogP contribution in [0.5, 0.6) is 0 Å². The summed E-state index contributed by atoms with van der Waals surface area (Å²) in [5.74, 6) is -0.810. The Bertz CT molecular complexity index is 327. The molecule has 0 aromatic carbocycles. The molecule has 1 aliphatic heterocycles. The fraction of sp³-hybridized carbons (Fsp3) is 0.857. The van der Waals surface area contributed by atoms with Crippen LogP contribution in [-0.4, -0.2) is 40.0 Å². The zero-order valence-electron chi connectivity index (χ0n) is 12.0. The SMILES string of the molecule is CCC(N)(CC)C(=O)N1CCCCC1CCC(=O)O. The number of amides is 1. The molecule has 0 saturated carbocycles. The summed E-state index contributed by atoms with van der Waals surface area (Å²) in [6.45, 7) is 4.57. The van der Waals surface area contributed by atoms with Gasteiger partial charge in [-0.2, -0.15) is 0 Å². The number of rotatable bonds is 6. The van der Waals surface area contributed by atoms with E-state index in [4.69, 9.17) is 10.8 Å². The largest absolute Gasteiger partial charge is 0.481 e. The zero-order valence-corrected chi connectivity index (χ0v) is 12.0. The van der Waals surface area contributed by atoms with Crippen molar-refractivity contribution in [2.45, 2.75) is 70.4 Å². The number of nitrogens with two attached hydrogens (primary N) is 1. The summed E-state index contributed by atoms with van der Waals surface area (Å²) in [4.78, 5) is 25.1. The highest BCUT2D eigenvalue weighted by atomic mass is 16.4. The molecular weight excluding hydrogens is 244 g/mol. The predicted molar refractivity (Wildman–Crippen MR) is 73.7 cm³/mol. The second-order valence-electron chi connectivity index (χ2n) is 5.44. The molecular formula is C14H26N2O3. The van der Waals surface area contributed by atoms with Gasteiger partial charge in [-0.1, -0.05) is 13.8 Å². The minimum atomic E-state index is -0.803. The number of carboxylic acid groups (broad SMARTS) is 1. The first kappa shape index (κ1) is 16.0. The first-order valence-corrected chi connectivity index (χ1v) is 7.26. The van der Waals surface area contributed by atoms with Crippen LogP contribution in [0.2, 0.25) is 0 Å². The van der Waals surface area contributed by atoms with Crippen molar-refractivity contribution in [3.63, 3.8) is 0 Å². The maximum atomic E-state index is 12.6. The molecule has 5 nitrogen and oxygen atoms in total. The normalized spacial score (nSPS) is 20.4. The van der Waals surface area contributed by atoms with E-state index in [0.29, 0.717) is 25.8 Å². The molecule has 1 unspecified atom stereocenters. The van der Waals surface area contributed by atoms with Crippen molar-refractivity contribution in [2.24, 2.45) is 5.73 Å². The van der Waals surface area contributed by atoms with Crippen molar-refractivity contribution in [3.05, 3.63) is 0 Å². The summed E-state index contributed by atoms with van der Waals surface area (Å²) in [7, 11) is 0. The van der Waals surface area contributed by atoms with E-state index in [1.807, 2.05) is 18.7 Å². The molecule has 1 amide bonds. The Kier molecular flexibility index (Phi) is 5.79. The molecule has 3 N–H and O–H groups in total. The van der Waals surface area contributed by atoms with E-state index < -0.39 is 11.5 Å². The first-order chi connectivity index (χ1) is 8.94. The summed E-state index contributed by atoms with van der Waals surface area (Å²) in [5.41, 5.74) is 5.39. The van der Waals surface area contributed by atoms with Crippen LogP contribution in [0.1, 0.15) is 58.8 Å². The van der Waals surface area contributed by atoms with Gasteiger partial charge in [-0.15, -0.1) is 0 Å². The van der Waals surface area contributed by atoms with Crippen molar-refractivity contribution in [1.82, 2.24) is 4.90 Å². The van der Waals surface area contributed by atoms with Gasteiger partial charge in [0.1, 0.15) is 0 Å². The number of piperidine rings is 1. The van der Waals surface area contributed by atoms with Gasteiger partial charge in [0.25, 0.3) is 0 Å². The van der Waals surface area contributed by atoms with Crippen LogP contribution in [0.25, 0.3) is 0 Å². The van der Waals surface area contributed by atoms with Crippen molar-refractivity contribution < 1.29 is 14.7 Å². The molecule has 1 saturated heterocycles. The average molecular weight is 270 g/mol. The lowest BCUT2D eigenvalue weighted by molar-refractivity contribution is -0.143. The summed E-state index contributed by atoms with van der Waals surface area (Å²) < 4.78 is 0. The third-order valence-electron chi connectivity index (χ3n) is 4.27. The van der Waals surface area contributed by atoms with Gasteiger partial charge in [0.2, 0.25) is 5.91 Å². The Hall–Kier alpha value is -1.10.